The van der Waals surface area contributed by atoms with E-state index in [1.165, 1.54) is 6.07 Å². The van der Waals surface area contributed by atoms with E-state index in [4.69, 9.17) is 23.2 Å². The van der Waals surface area contributed by atoms with Crippen LogP contribution in [0.15, 0.2) is 23.3 Å². The molecule has 0 spiro atoms. The lowest BCUT2D eigenvalue weighted by atomic mass is 10.1. The average Bonchev–Trinajstić information content (AvgIpc) is 2.25. The summed E-state index contributed by atoms with van der Waals surface area (Å²) >= 11 is 11.7. The first kappa shape index (κ1) is 14.0. The number of hydrazone groups is 1. The van der Waals surface area contributed by atoms with Gasteiger partial charge in [0.25, 0.3) is 5.91 Å². The maximum Gasteiger partial charge on any atom is 0.272 e. The standard InChI is InChI=1S/C12H14Cl2N2O/c1-7(2)8(3)15-16-12(17)10-5-4-9(13)6-11(10)14/h4-7H,1-3H3,(H,16,17). The minimum Gasteiger partial charge on any atom is -0.267 e. The second kappa shape index (κ2) is 6.03. The molecule has 0 heterocycles. The van der Waals surface area contributed by atoms with Crippen molar-refractivity contribution in [1.82, 2.24) is 5.43 Å². The summed E-state index contributed by atoms with van der Waals surface area (Å²) in [6, 6.07) is 4.71. The quantitative estimate of drug-likeness (QED) is 0.661. The molecule has 0 aliphatic carbocycles. The van der Waals surface area contributed by atoms with E-state index in [0.29, 0.717) is 15.6 Å². The van der Waals surface area contributed by atoms with E-state index in [0.717, 1.165) is 5.71 Å². The normalized spacial score (nSPS) is 11.8. The van der Waals surface area contributed by atoms with Gasteiger partial charge in [-0.2, -0.15) is 5.10 Å². The predicted octanol–water partition coefficient (Wildman–Crippen LogP) is 3.76. The highest BCUT2D eigenvalue weighted by molar-refractivity contribution is 6.36. The number of nitrogens with zero attached hydrogens (tertiary/aromatic N) is 1. The molecule has 0 bridgehead atoms. The van der Waals surface area contributed by atoms with Crippen molar-refractivity contribution in [2.75, 3.05) is 0 Å². The lowest BCUT2D eigenvalue weighted by Crippen LogP contribution is -2.20. The third-order valence-electron chi connectivity index (χ3n) is 2.35. The maximum absolute atomic E-state index is 11.8. The molecule has 0 atom stereocenters. The lowest BCUT2D eigenvalue weighted by Gasteiger charge is -2.06. The maximum atomic E-state index is 11.8. The van der Waals surface area contributed by atoms with Crippen molar-refractivity contribution >= 4 is 34.8 Å². The Kier molecular flexibility index (Phi) is 4.97. The Morgan fingerprint density at radius 2 is 2.00 bits per heavy atom. The van der Waals surface area contributed by atoms with Crippen LogP contribution in [0, 0.1) is 5.92 Å². The number of nitrogens with one attached hydrogen (secondary N) is 1. The Bertz CT molecular complexity index is 456. The molecule has 5 heteroatoms. The van der Waals surface area contributed by atoms with Crippen molar-refractivity contribution in [1.29, 1.82) is 0 Å². The fourth-order valence-electron chi connectivity index (χ4n) is 1.00. The molecule has 17 heavy (non-hydrogen) atoms. The smallest absolute Gasteiger partial charge is 0.267 e. The zero-order valence-corrected chi connectivity index (χ0v) is 11.4. The molecular weight excluding hydrogens is 259 g/mol. The van der Waals surface area contributed by atoms with Gasteiger partial charge >= 0.3 is 0 Å². The lowest BCUT2D eigenvalue weighted by molar-refractivity contribution is 0.0955. The molecule has 1 amide bonds. The number of amides is 1. The SMILES string of the molecule is CC(=NNC(=O)c1ccc(Cl)cc1Cl)C(C)C. The van der Waals surface area contributed by atoms with Gasteiger partial charge in [-0.1, -0.05) is 37.0 Å². The van der Waals surface area contributed by atoms with E-state index < -0.39 is 0 Å². The van der Waals surface area contributed by atoms with Crippen LogP contribution < -0.4 is 5.43 Å². The van der Waals surface area contributed by atoms with Crippen molar-refractivity contribution in [3.63, 3.8) is 0 Å². The molecule has 1 N–H and O–H groups in total. The van der Waals surface area contributed by atoms with Gasteiger partial charge in [-0.25, -0.2) is 5.43 Å². The number of halogens is 2. The van der Waals surface area contributed by atoms with Gasteiger partial charge in [-0.05, 0) is 31.0 Å². The van der Waals surface area contributed by atoms with E-state index in [1.807, 2.05) is 20.8 Å². The van der Waals surface area contributed by atoms with Crippen molar-refractivity contribution in [3.05, 3.63) is 33.8 Å². The Balaban J connectivity index is 2.81. The number of hydrogen-bond acceptors (Lipinski definition) is 2. The molecule has 0 unspecified atom stereocenters. The summed E-state index contributed by atoms with van der Waals surface area (Å²) in [7, 11) is 0. The third-order valence-corrected chi connectivity index (χ3v) is 2.89. The van der Waals surface area contributed by atoms with Gasteiger partial charge in [0.2, 0.25) is 0 Å². The van der Waals surface area contributed by atoms with Crippen LogP contribution in [0.5, 0.6) is 0 Å². The Labute approximate surface area is 111 Å². The molecule has 1 rings (SSSR count). The van der Waals surface area contributed by atoms with E-state index in [2.05, 4.69) is 10.5 Å². The van der Waals surface area contributed by atoms with Crippen LogP contribution in [0.4, 0.5) is 0 Å². The van der Waals surface area contributed by atoms with Gasteiger partial charge in [0, 0.05) is 10.7 Å². The third kappa shape index (κ3) is 4.02. The number of benzene rings is 1. The molecule has 0 fully saturated rings. The van der Waals surface area contributed by atoms with E-state index >= 15 is 0 Å². The predicted molar refractivity (Wildman–Crippen MR) is 71.9 cm³/mol. The van der Waals surface area contributed by atoms with E-state index in [9.17, 15) is 4.79 Å². The highest BCUT2D eigenvalue weighted by Crippen LogP contribution is 2.20. The highest BCUT2D eigenvalue weighted by atomic mass is 35.5. The summed E-state index contributed by atoms with van der Waals surface area (Å²) in [5.41, 5.74) is 3.67. The molecule has 1 aromatic carbocycles. The van der Waals surface area contributed by atoms with Crippen LogP contribution in [-0.2, 0) is 0 Å². The fourth-order valence-corrected chi connectivity index (χ4v) is 1.50. The first-order valence-corrected chi connectivity index (χ1v) is 5.97. The molecule has 0 aromatic heterocycles. The number of carbonyl (C=O) groups excluding carboxylic acids is 1. The molecule has 0 radical (unpaired) electrons. The Morgan fingerprint density at radius 1 is 1.35 bits per heavy atom. The van der Waals surface area contributed by atoms with Crippen LogP contribution >= 0.6 is 23.2 Å². The van der Waals surface area contributed by atoms with Crippen LogP contribution in [0.2, 0.25) is 10.0 Å². The van der Waals surface area contributed by atoms with Crippen molar-refractivity contribution < 1.29 is 4.79 Å². The first-order valence-electron chi connectivity index (χ1n) is 5.21. The molecule has 92 valence electrons. The first-order chi connectivity index (χ1) is 7.91. The minimum absolute atomic E-state index is 0.288. The summed E-state index contributed by atoms with van der Waals surface area (Å²) < 4.78 is 0. The Hall–Kier alpha value is -1.06. The second-order valence-corrected chi connectivity index (χ2v) is 4.82. The average molecular weight is 273 g/mol. The van der Waals surface area contributed by atoms with Crippen LogP contribution in [0.25, 0.3) is 0 Å². The molecule has 3 nitrogen and oxygen atoms in total. The second-order valence-electron chi connectivity index (χ2n) is 3.97. The van der Waals surface area contributed by atoms with Gasteiger partial charge in [0.1, 0.15) is 0 Å². The minimum atomic E-state index is -0.341. The molecule has 0 saturated heterocycles. The number of carbonyl (C=O) groups is 1. The van der Waals surface area contributed by atoms with E-state index in [-0.39, 0.29) is 11.8 Å². The fraction of sp³-hybridized carbons (Fsp3) is 0.333. The van der Waals surface area contributed by atoms with Gasteiger partial charge < -0.3 is 0 Å². The van der Waals surface area contributed by atoms with Gasteiger partial charge in [0.15, 0.2) is 0 Å². The largest absolute Gasteiger partial charge is 0.272 e. The summed E-state index contributed by atoms with van der Waals surface area (Å²) in [5, 5.41) is 4.80. The van der Waals surface area contributed by atoms with Crippen molar-refractivity contribution in [3.8, 4) is 0 Å². The number of hydrogen-bond donors (Lipinski definition) is 1. The molecule has 0 saturated carbocycles. The summed E-state index contributed by atoms with van der Waals surface area (Å²) in [4.78, 5) is 11.8. The Morgan fingerprint density at radius 3 is 2.53 bits per heavy atom. The highest BCUT2D eigenvalue weighted by Gasteiger charge is 2.10. The van der Waals surface area contributed by atoms with Crippen LogP contribution in [0.1, 0.15) is 31.1 Å². The topological polar surface area (TPSA) is 41.5 Å². The van der Waals surface area contributed by atoms with Crippen LogP contribution in [0.3, 0.4) is 0 Å². The van der Waals surface area contributed by atoms with Crippen LogP contribution in [-0.4, -0.2) is 11.6 Å². The number of rotatable bonds is 3. The monoisotopic (exact) mass is 272 g/mol. The summed E-state index contributed by atoms with van der Waals surface area (Å²) in [6.07, 6.45) is 0. The van der Waals surface area contributed by atoms with Gasteiger partial charge in [-0.15, -0.1) is 0 Å². The summed E-state index contributed by atoms with van der Waals surface area (Å²) in [5.74, 6) is -0.0531. The summed E-state index contributed by atoms with van der Waals surface area (Å²) in [6.45, 7) is 5.86. The van der Waals surface area contributed by atoms with Gasteiger partial charge in [-0.3, -0.25) is 4.79 Å². The van der Waals surface area contributed by atoms with Crippen molar-refractivity contribution in [2.45, 2.75) is 20.8 Å². The van der Waals surface area contributed by atoms with Crippen molar-refractivity contribution in [2.24, 2.45) is 11.0 Å². The molecular formula is C12H14Cl2N2O. The zero-order chi connectivity index (χ0) is 13.0. The molecule has 0 aliphatic rings. The van der Waals surface area contributed by atoms with E-state index in [1.54, 1.807) is 12.1 Å². The van der Waals surface area contributed by atoms with Gasteiger partial charge in [0.05, 0.1) is 10.6 Å². The molecule has 0 aliphatic heterocycles. The molecule has 1 aromatic rings. The zero-order valence-electron chi connectivity index (χ0n) is 9.92.